The smallest absolute Gasteiger partial charge is 0.462 e. The average molecular weight is 1330 g/mol. The van der Waals surface area contributed by atoms with E-state index in [0.29, 0.717) is 31.6 Å². The number of rotatable bonds is 69. The Labute approximate surface area is 549 Å². The van der Waals surface area contributed by atoms with Crippen molar-refractivity contribution in [1.29, 1.82) is 0 Å². The van der Waals surface area contributed by atoms with Crippen LogP contribution in [0.15, 0.2) is 0 Å². The highest BCUT2D eigenvalue weighted by Gasteiger charge is 2.30. The fourth-order valence-electron chi connectivity index (χ4n) is 10.7. The normalized spacial score (nSPS) is 14.5. The first-order chi connectivity index (χ1) is 43.3. The molecule has 19 heteroatoms. The highest BCUT2D eigenvalue weighted by Crippen LogP contribution is 2.45. The molecule has 0 aromatic carbocycles. The van der Waals surface area contributed by atoms with Crippen LogP contribution in [0.2, 0.25) is 0 Å². The van der Waals surface area contributed by atoms with Crippen molar-refractivity contribution in [2.75, 3.05) is 39.6 Å². The van der Waals surface area contributed by atoms with Gasteiger partial charge in [-0.15, -0.1) is 0 Å². The van der Waals surface area contributed by atoms with Gasteiger partial charge in [-0.3, -0.25) is 37.3 Å². The number of unbranched alkanes of at least 4 members (excludes halogenated alkanes) is 36. The Morgan fingerprint density at radius 1 is 0.322 bits per heavy atom. The molecular formula is C71H138O17P2. The van der Waals surface area contributed by atoms with E-state index in [4.69, 9.17) is 37.0 Å². The van der Waals surface area contributed by atoms with Gasteiger partial charge in [-0.05, 0) is 43.4 Å². The third-order valence-corrected chi connectivity index (χ3v) is 18.6. The predicted octanol–water partition coefficient (Wildman–Crippen LogP) is 20.2. The number of carbonyl (C=O) groups excluding carboxylic acids is 4. The van der Waals surface area contributed by atoms with Crippen LogP contribution in [-0.4, -0.2) is 96.7 Å². The molecule has 0 bridgehead atoms. The van der Waals surface area contributed by atoms with E-state index >= 15 is 0 Å². The third kappa shape index (κ3) is 63.5. The number of aliphatic hydroxyl groups excluding tert-OH is 1. The maximum atomic E-state index is 13.0. The van der Waals surface area contributed by atoms with Gasteiger partial charge < -0.3 is 33.8 Å². The maximum absolute atomic E-state index is 13.0. The number of ether oxygens (including phenoxy) is 4. The van der Waals surface area contributed by atoms with Crippen LogP contribution in [0.5, 0.6) is 0 Å². The molecule has 534 valence electrons. The van der Waals surface area contributed by atoms with Crippen LogP contribution in [0.3, 0.4) is 0 Å². The van der Waals surface area contributed by atoms with Gasteiger partial charge in [0.15, 0.2) is 12.2 Å². The minimum absolute atomic E-state index is 0.105. The Morgan fingerprint density at radius 2 is 0.567 bits per heavy atom. The summed E-state index contributed by atoms with van der Waals surface area (Å²) in [6, 6.07) is 0. The summed E-state index contributed by atoms with van der Waals surface area (Å²) in [6.45, 7) is 11.8. The van der Waals surface area contributed by atoms with E-state index in [1.807, 2.05) is 0 Å². The zero-order chi connectivity index (χ0) is 66.6. The Bertz CT molecular complexity index is 1770. The van der Waals surface area contributed by atoms with E-state index in [1.165, 1.54) is 161 Å². The van der Waals surface area contributed by atoms with Crippen molar-refractivity contribution in [2.45, 2.75) is 375 Å². The lowest BCUT2D eigenvalue weighted by atomic mass is 9.99. The molecule has 3 unspecified atom stereocenters. The topological polar surface area (TPSA) is 237 Å². The van der Waals surface area contributed by atoms with E-state index in [0.717, 1.165) is 108 Å². The van der Waals surface area contributed by atoms with Crippen LogP contribution in [-0.2, 0) is 65.4 Å². The lowest BCUT2D eigenvalue weighted by molar-refractivity contribution is -0.161. The summed E-state index contributed by atoms with van der Waals surface area (Å²) in [7, 11) is -9.90. The van der Waals surface area contributed by atoms with Crippen LogP contribution >= 0.6 is 15.6 Å². The van der Waals surface area contributed by atoms with Crippen LogP contribution in [0.4, 0.5) is 0 Å². The van der Waals surface area contributed by atoms with Crippen molar-refractivity contribution >= 4 is 39.5 Å². The van der Waals surface area contributed by atoms with E-state index in [-0.39, 0.29) is 25.7 Å². The number of hydrogen-bond acceptors (Lipinski definition) is 15. The molecule has 0 saturated carbocycles. The van der Waals surface area contributed by atoms with Gasteiger partial charge in [-0.2, -0.15) is 0 Å². The van der Waals surface area contributed by atoms with E-state index in [2.05, 4.69) is 48.5 Å². The second-order valence-electron chi connectivity index (χ2n) is 26.8. The number of esters is 4. The molecule has 0 aliphatic heterocycles. The molecule has 0 rings (SSSR count). The van der Waals surface area contributed by atoms with Gasteiger partial charge in [0, 0.05) is 25.7 Å². The number of phosphoric acid groups is 2. The Balaban J connectivity index is 5.22. The molecule has 0 radical (unpaired) electrons. The molecule has 0 fully saturated rings. The molecule has 0 saturated heterocycles. The van der Waals surface area contributed by atoms with Crippen molar-refractivity contribution in [2.24, 2.45) is 17.8 Å². The first kappa shape index (κ1) is 88.1. The maximum Gasteiger partial charge on any atom is 0.472 e. The average Bonchev–Trinajstić information content (AvgIpc) is 2.14. The molecule has 0 spiro atoms. The van der Waals surface area contributed by atoms with Gasteiger partial charge in [0.1, 0.15) is 19.3 Å². The molecular weight excluding hydrogens is 1190 g/mol. The SMILES string of the molecule is CCCCCCCCCCCCC(=O)O[C@H](COC(=O)CCCCCCCCC(C)C)COP(=O)(O)OC[C@H](O)COP(=O)(O)OC[C@@H](COC(=O)CCCCCCCCCCCCC(C)C)OC(=O)CCCCCCCCCCCCCCCCC(C)CC. The van der Waals surface area contributed by atoms with Crippen molar-refractivity contribution in [3.05, 3.63) is 0 Å². The molecule has 17 nitrogen and oxygen atoms in total. The summed E-state index contributed by atoms with van der Waals surface area (Å²) < 4.78 is 68.3. The minimum atomic E-state index is -4.95. The fourth-order valence-corrected chi connectivity index (χ4v) is 12.3. The Hall–Kier alpha value is -1.94. The third-order valence-electron chi connectivity index (χ3n) is 16.7. The highest BCUT2D eigenvalue weighted by molar-refractivity contribution is 7.47. The number of hydrogen-bond donors (Lipinski definition) is 3. The van der Waals surface area contributed by atoms with E-state index in [9.17, 15) is 43.2 Å². The zero-order valence-electron chi connectivity index (χ0n) is 58.6. The van der Waals surface area contributed by atoms with Gasteiger partial charge in [0.05, 0.1) is 26.4 Å². The molecule has 90 heavy (non-hydrogen) atoms. The zero-order valence-corrected chi connectivity index (χ0v) is 60.4. The number of carbonyl (C=O) groups is 4. The quantitative estimate of drug-likeness (QED) is 0.0222. The van der Waals surface area contributed by atoms with Gasteiger partial charge in [0.2, 0.25) is 0 Å². The largest absolute Gasteiger partial charge is 0.472 e. The summed E-state index contributed by atoms with van der Waals surface area (Å²) in [5, 5.41) is 10.6. The summed E-state index contributed by atoms with van der Waals surface area (Å²) in [4.78, 5) is 72.5. The lowest BCUT2D eigenvalue weighted by Gasteiger charge is -2.21. The second kappa shape index (κ2) is 61.9. The summed E-state index contributed by atoms with van der Waals surface area (Å²) in [6.07, 6.45) is 45.9. The molecule has 6 atom stereocenters. The van der Waals surface area contributed by atoms with Crippen molar-refractivity contribution in [1.82, 2.24) is 0 Å². The Kier molecular flexibility index (Phi) is 60.6. The van der Waals surface area contributed by atoms with E-state index < -0.39 is 97.5 Å². The molecule has 0 heterocycles. The molecule has 0 aromatic rings. The fraction of sp³-hybridized carbons (Fsp3) is 0.944. The molecule has 0 aliphatic carbocycles. The lowest BCUT2D eigenvalue weighted by Crippen LogP contribution is -2.30. The molecule has 0 amide bonds. The van der Waals surface area contributed by atoms with Crippen molar-refractivity contribution < 1.29 is 80.2 Å². The molecule has 0 aliphatic rings. The van der Waals surface area contributed by atoms with Crippen LogP contribution in [0, 0.1) is 17.8 Å². The van der Waals surface area contributed by atoms with Crippen molar-refractivity contribution in [3.63, 3.8) is 0 Å². The van der Waals surface area contributed by atoms with Gasteiger partial charge in [0.25, 0.3) is 0 Å². The molecule has 0 aromatic heterocycles. The first-order valence-electron chi connectivity index (χ1n) is 36.9. The van der Waals surface area contributed by atoms with Gasteiger partial charge in [-0.1, -0.05) is 305 Å². The second-order valence-corrected chi connectivity index (χ2v) is 29.7. The highest BCUT2D eigenvalue weighted by atomic mass is 31.2. The molecule has 3 N–H and O–H groups in total. The van der Waals surface area contributed by atoms with Crippen molar-refractivity contribution in [3.8, 4) is 0 Å². The van der Waals surface area contributed by atoms with Crippen LogP contribution in [0.25, 0.3) is 0 Å². The van der Waals surface area contributed by atoms with Gasteiger partial charge in [-0.25, -0.2) is 9.13 Å². The monoisotopic (exact) mass is 1320 g/mol. The predicted molar refractivity (Wildman–Crippen MR) is 363 cm³/mol. The standard InChI is InChI=1S/C71H138O17P2/c1-8-10-11-12-13-14-25-31-40-47-54-70(75)88-67(59-82-69(74)53-46-39-34-33-36-43-50-63(5)6)61-86-90(79,80)84-57-65(72)56-83-89(77,78)85-60-66(58-81-68(73)52-45-38-30-26-22-21-23-28-35-42-49-62(3)4)87-71(76)55-48-41-32-27-20-18-16-15-17-19-24-29-37-44-51-64(7)9-2/h62-67,72H,8-61H2,1-7H3,(H,77,78)(H,79,80)/t64?,65-,66-,67-/m1/s1. The van der Waals surface area contributed by atoms with Gasteiger partial charge >= 0.3 is 39.5 Å². The first-order valence-corrected chi connectivity index (χ1v) is 39.9. The summed E-state index contributed by atoms with van der Waals surface area (Å²) >= 11 is 0. The number of aliphatic hydroxyl groups is 1. The summed E-state index contributed by atoms with van der Waals surface area (Å²) in [5.41, 5.74) is 0. The summed E-state index contributed by atoms with van der Waals surface area (Å²) in [5.74, 6) is 0.157. The minimum Gasteiger partial charge on any atom is -0.462 e. The van der Waals surface area contributed by atoms with Crippen LogP contribution in [0.1, 0.15) is 357 Å². The van der Waals surface area contributed by atoms with Crippen LogP contribution < -0.4 is 0 Å². The Morgan fingerprint density at radius 3 is 0.844 bits per heavy atom. The van der Waals surface area contributed by atoms with E-state index in [1.54, 1.807) is 0 Å². The number of phosphoric ester groups is 2.